The second-order valence-corrected chi connectivity index (χ2v) is 7.97. The van der Waals surface area contributed by atoms with E-state index in [9.17, 15) is 14.4 Å². The van der Waals surface area contributed by atoms with Crippen molar-refractivity contribution in [1.29, 1.82) is 0 Å². The minimum Gasteiger partial charge on any atom is -0.348 e. The van der Waals surface area contributed by atoms with Gasteiger partial charge in [0, 0.05) is 0 Å². The molecule has 0 aliphatic rings. The normalized spacial score (nSPS) is 11.9. The molecule has 0 fully saturated rings. The molecule has 4 rings (SSSR count). The molecular formula is C26H25N3O3. The predicted octanol–water partition coefficient (Wildman–Crippen LogP) is 3.40. The van der Waals surface area contributed by atoms with Gasteiger partial charge in [0.25, 0.3) is 5.56 Å². The molecule has 0 saturated heterocycles. The zero-order valence-electron chi connectivity index (χ0n) is 18.1. The highest BCUT2D eigenvalue weighted by atomic mass is 16.2. The Morgan fingerprint density at radius 1 is 0.906 bits per heavy atom. The number of nitrogens with one attached hydrogen (secondary N) is 1. The summed E-state index contributed by atoms with van der Waals surface area (Å²) in [7, 11) is 0. The summed E-state index contributed by atoms with van der Waals surface area (Å²) >= 11 is 0. The summed E-state index contributed by atoms with van der Waals surface area (Å²) in [6.45, 7) is 3.76. The number of benzene rings is 3. The summed E-state index contributed by atoms with van der Waals surface area (Å²) in [5.41, 5.74) is 2.32. The largest absolute Gasteiger partial charge is 0.348 e. The average molecular weight is 428 g/mol. The Kier molecular flexibility index (Phi) is 6.03. The summed E-state index contributed by atoms with van der Waals surface area (Å²) in [5.74, 6) is -0.296. The molecule has 1 N–H and O–H groups in total. The van der Waals surface area contributed by atoms with E-state index in [4.69, 9.17) is 0 Å². The Bertz CT molecular complexity index is 1370. The third-order valence-corrected chi connectivity index (χ3v) is 5.54. The average Bonchev–Trinajstić information content (AvgIpc) is 2.81. The van der Waals surface area contributed by atoms with Crippen molar-refractivity contribution in [3.8, 4) is 0 Å². The van der Waals surface area contributed by atoms with Crippen molar-refractivity contribution in [2.75, 3.05) is 0 Å². The third kappa shape index (κ3) is 4.39. The van der Waals surface area contributed by atoms with Gasteiger partial charge in [-0.25, -0.2) is 4.79 Å². The Hall–Kier alpha value is -3.93. The highest BCUT2D eigenvalue weighted by Crippen LogP contribution is 2.13. The molecule has 1 aromatic heterocycles. The van der Waals surface area contributed by atoms with E-state index < -0.39 is 5.69 Å². The number of hydrogen-bond acceptors (Lipinski definition) is 3. The monoisotopic (exact) mass is 427 g/mol. The van der Waals surface area contributed by atoms with E-state index in [1.165, 1.54) is 9.13 Å². The molecule has 0 radical (unpaired) electrons. The van der Waals surface area contributed by atoms with Gasteiger partial charge in [-0.2, -0.15) is 0 Å². The zero-order valence-corrected chi connectivity index (χ0v) is 18.1. The van der Waals surface area contributed by atoms with E-state index in [2.05, 4.69) is 5.32 Å². The molecule has 6 nitrogen and oxygen atoms in total. The SMILES string of the molecule is Cc1ccc2c(c1)c(=O)n(Cc1ccccc1)c(=O)n2CC(=O)N[C@H](C)c1ccccc1. The van der Waals surface area contributed by atoms with Crippen LogP contribution in [-0.4, -0.2) is 15.0 Å². The van der Waals surface area contributed by atoms with Crippen molar-refractivity contribution < 1.29 is 4.79 Å². The fraction of sp³-hybridized carbons (Fsp3) is 0.192. The van der Waals surface area contributed by atoms with Crippen LogP contribution in [0.4, 0.5) is 0 Å². The second-order valence-electron chi connectivity index (χ2n) is 7.97. The van der Waals surface area contributed by atoms with Gasteiger partial charge < -0.3 is 5.32 Å². The number of amides is 1. The molecule has 0 spiro atoms. The maximum Gasteiger partial charge on any atom is 0.332 e. The van der Waals surface area contributed by atoms with Crippen molar-refractivity contribution in [3.63, 3.8) is 0 Å². The first kappa shape index (κ1) is 21.3. The van der Waals surface area contributed by atoms with Crippen LogP contribution in [-0.2, 0) is 17.9 Å². The lowest BCUT2D eigenvalue weighted by molar-refractivity contribution is -0.122. The van der Waals surface area contributed by atoms with E-state index in [-0.39, 0.29) is 30.6 Å². The third-order valence-electron chi connectivity index (χ3n) is 5.54. The Morgan fingerprint density at radius 2 is 1.56 bits per heavy atom. The highest BCUT2D eigenvalue weighted by molar-refractivity contribution is 5.82. The minimum absolute atomic E-state index is 0.143. The van der Waals surface area contributed by atoms with E-state index in [0.717, 1.165) is 16.7 Å². The molecular weight excluding hydrogens is 402 g/mol. The zero-order chi connectivity index (χ0) is 22.7. The van der Waals surface area contributed by atoms with Crippen molar-refractivity contribution in [3.05, 3.63) is 116 Å². The first-order chi connectivity index (χ1) is 15.4. The van der Waals surface area contributed by atoms with Gasteiger partial charge in [-0.05, 0) is 37.1 Å². The lowest BCUT2D eigenvalue weighted by atomic mass is 10.1. The standard InChI is InChI=1S/C26H25N3O3/c1-18-13-14-23-22(15-18)25(31)29(16-20-9-5-3-6-10-20)26(32)28(23)17-24(30)27-19(2)21-11-7-4-8-12-21/h3-15,19H,16-17H2,1-2H3,(H,27,30)/t19-/m1/s1. The molecule has 0 aliphatic heterocycles. The highest BCUT2D eigenvalue weighted by Gasteiger charge is 2.17. The van der Waals surface area contributed by atoms with Gasteiger partial charge >= 0.3 is 5.69 Å². The number of fused-ring (bicyclic) bond motifs is 1. The van der Waals surface area contributed by atoms with Crippen molar-refractivity contribution in [1.82, 2.24) is 14.5 Å². The van der Waals surface area contributed by atoms with E-state index in [1.807, 2.05) is 80.6 Å². The van der Waals surface area contributed by atoms with Crippen LogP contribution in [0.25, 0.3) is 10.9 Å². The van der Waals surface area contributed by atoms with Crippen molar-refractivity contribution in [2.24, 2.45) is 0 Å². The first-order valence-electron chi connectivity index (χ1n) is 10.6. The van der Waals surface area contributed by atoms with Gasteiger partial charge in [0.1, 0.15) is 6.54 Å². The molecule has 0 aliphatic carbocycles. The number of aromatic nitrogens is 2. The van der Waals surface area contributed by atoms with Crippen LogP contribution in [0.3, 0.4) is 0 Å². The fourth-order valence-corrected chi connectivity index (χ4v) is 3.85. The number of aryl methyl sites for hydroxylation is 1. The second kappa shape index (κ2) is 9.06. The van der Waals surface area contributed by atoms with E-state index in [0.29, 0.717) is 10.9 Å². The number of carbonyl (C=O) groups excluding carboxylic acids is 1. The van der Waals surface area contributed by atoms with E-state index in [1.54, 1.807) is 12.1 Å². The van der Waals surface area contributed by atoms with Crippen LogP contribution in [0.5, 0.6) is 0 Å². The Balaban J connectivity index is 1.73. The number of rotatable bonds is 6. The molecule has 0 unspecified atom stereocenters. The molecule has 0 bridgehead atoms. The topological polar surface area (TPSA) is 73.1 Å². The van der Waals surface area contributed by atoms with Crippen LogP contribution < -0.4 is 16.6 Å². The molecule has 32 heavy (non-hydrogen) atoms. The number of nitrogens with zero attached hydrogens (tertiary/aromatic N) is 2. The summed E-state index contributed by atoms with van der Waals surface area (Å²) in [6.07, 6.45) is 0. The maximum atomic E-state index is 13.3. The summed E-state index contributed by atoms with van der Waals surface area (Å²) in [4.78, 5) is 39.3. The van der Waals surface area contributed by atoms with Crippen LogP contribution in [0.2, 0.25) is 0 Å². The molecule has 1 atom stereocenters. The predicted molar refractivity (Wildman–Crippen MR) is 126 cm³/mol. The molecule has 1 amide bonds. The Morgan fingerprint density at radius 3 is 2.25 bits per heavy atom. The Labute approximate surface area is 185 Å². The molecule has 0 saturated carbocycles. The lowest BCUT2D eigenvalue weighted by Gasteiger charge is -2.17. The van der Waals surface area contributed by atoms with Gasteiger partial charge in [0.05, 0.1) is 23.5 Å². The summed E-state index contributed by atoms with van der Waals surface area (Å²) in [6, 6.07) is 24.1. The molecule has 3 aromatic carbocycles. The molecule has 6 heteroatoms. The number of hydrogen-bond donors (Lipinski definition) is 1. The van der Waals surface area contributed by atoms with Crippen molar-refractivity contribution >= 4 is 16.8 Å². The summed E-state index contributed by atoms with van der Waals surface area (Å²) in [5, 5.41) is 3.37. The number of carbonyl (C=O) groups is 1. The van der Waals surface area contributed by atoms with E-state index >= 15 is 0 Å². The maximum absolute atomic E-state index is 13.3. The van der Waals surface area contributed by atoms with Gasteiger partial charge in [-0.1, -0.05) is 72.3 Å². The van der Waals surface area contributed by atoms with Crippen LogP contribution in [0, 0.1) is 6.92 Å². The van der Waals surface area contributed by atoms with Gasteiger partial charge in [0.15, 0.2) is 0 Å². The van der Waals surface area contributed by atoms with Gasteiger partial charge in [-0.15, -0.1) is 0 Å². The summed E-state index contributed by atoms with van der Waals surface area (Å²) < 4.78 is 2.58. The molecule has 4 aromatic rings. The quantitative estimate of drug-likeness (QED) is 0.513. The van der Waals surface area contributed by atoms with Crippen molar-refractivity contribution in [2.45, 2.75) is 33.0 Å². The smallest absolute Gasteiger partial charge is 0.332 e. The lowest BCUT2D eigenvalue weighted by Crippen LogP contribution is -2.43. The van der Waals surface area contributed by atoms with Gasteiger partial charge in [0.2, 0.25) is 5.91 Å². The van der Waals surface area contributed by atoms with Gasteiger partial charge in [-0.3, -0.25) is 18.7 Å². The van der Waals surface area contributed by atoms with Crippen LogP contribution in [0.15, 0.2) is 88.5 Å². The van der Waals surface area contributed by atoms with Crippen LogP contribution in [0.1, 0.15) is 29.7 Å². The first-order valence-corrected chi connectivity index (χ1v) is 10.6. The molecule has 1 heterocycles. The molecule has 162 valence electrons. The minimum atomic E-state index is -0.502. The fourth-order valence-electron chi connectivity index (χ4n) is 3.85. The van der Waals surface area contributed by atoms with Crippen LogP contribution >= 0.6 is 0 Å².